The van der Waals surface area contributed by atoms with Gasteiger partial charge in [0.15, 0.2) is 11.5 Å². The van der Waals surface area contributed by atoms with Crippen LogP contribution in [0.4, 0.5) is 4.39 Å². The molecule has 0 fully saturated rings. The fourth-order valence-electron chi connectivity index (χ4n) is 2.88. The zero-order valence-electron chi connectivity index (χ0n) is 16.8. The molecule has 31 heavy (non-hydrogen) atoms. The van der Waals surface area contributed by atoms with Gasteiger partial charge in [-0.1, -0.05) is 71.7 Å². The van der Waals surface area contributed by atoms with E-state index in [4.69, 9.17) is 37.4 Å². The molecule has 1 atom stereocenters. The van der Waals surface area contributed by atoms with Crippen molar-refractivity contribution in [2.75, 3.05) is 6.61 Å². The summed E-state index contributed by atoms with van der Waals surface area (Å²) in [6, 6.07) is 19.1. The number of hydrogen-bond donors (Lipinski definition) is 0. The first-order valence-corrected chi connectivity index (χ1v) is 10.4. The molecule has 0 spiro atoms. The van der Waals surface area contributed by atoms with E-state index in [1.54, 1.807) is 43.3 Å². The van der Waals surface area contributed by atoms with Gasteiger partial charge in [0.1, 0.15) is 13.2 Å². The third-order valence-electron chi connectivity index (χ3n) is 4.45. The zero-order valence-corrected chi connectivity index (χ0v) is 18.3. The van der Waals surface area contributed by atoms with E-state index < -0.39 is 12.1 Å². The van der Waals surface area contributed by atoms with Crippen molar-refractivity contribution in [3.63, 3.8) is 0 Å². The summed E-state index contributed by atoms with van der Waals surface area (Å²) in [6.07, 6.45) is -2.02. The van der Waals surface area contributed by atoms with E-state index in [9.17, 15) is 9.18 Å². The lowest BCUT2D eigenvalue weighted by atomic mass is 10.1. The van der Waals surface area contributed by atoms with Gasteiger partial charge < -0.3 is 14.2 Å². The number of carbonyl (C=O) groups excluding carboxylic acids is 1. The largest absolute Gasteiger partial charge is 0.485 e. The maximum Gasteiger partial charge on any atom is 0.345 e. The maximum atomic E-state index is 14.9. The fourth-order valence-corrected chi connectivity index (χ4v) is 3.26. The summed E-state index contributed by atoms with van der Waals surface area (Å²) in [5, 5.41) is 1.06. The van der Waals surface area contributed by atoms with Crippen LogP contribution in [-0.2, 0) is 22.7 Å². The van der Waals surface area contributed by atoms with Crippen LogP contribution in [0.3, 0.4) is 0 Å². The van der Waals surface area contributed by atoms with Crippen LogP contribution in [0.2, 0.25) is 10.0 Å². The van der Waals surface area contributed by atoms with E-state index in [0.29, 0.717) is 15.6 Å². The van der Waals surface area contributed by atoms with Gasteiger partial charge in [-0.25, -0.2) is 9.18 Å². The second-order valence-electron chi connectivity index (χ2n) is 6.55. The van der Waals surface area contributed by atoms with Crippen molar-refractivity contribution in [3.8, 4) is 11.5 Å². The first kappa shape index (κ1) is 22.9. The quantitative estimate of drug-likeness (QED) is 0.330. The molecule has 0 aliphatic heterocycles. The highest BCUT2D eigenvalue weighted by Gasteiger charge is 2.27. The highest BCUT2D eigenvalue weighted by molar-refractivity contribution is 6.31. The van der Waals surface area contributed by atoms with Crippen LogP contribution in [0.25, 0.3) is 0 Å². The van der Waals surface area contributed by atoms with Gasteiger partial charge in [-0.2, -0.15) is 0 Å². The molecule has 1 unspecified atom stereocenters. The number of alkyl halides is 1. The Bertz CT molecular complexity index is 1040. The van der Waals surface area contributed by atoms with Gasteiger partial charge in [0.2, 0.25) is 6.17 Å². The van der Waals surface area contributed by atoms with Crippen molar-refractivity contribution in [1.29, 1.82) is 0 Å². The number of rotatable bonds is 9. The normalized spacial score (nSPS) is 11.6. The van der Waals surface area contributed by atoms with Gasteiger partial charge in [0.05, 0.1) is 6.61 Å². The zero-order chi connectivity index (χ0) is 22.2. The van der Waals surface area contributed by atoms with Crippen molar-refractivity contribution in [1.82, 2.24) is 0 Å². The third-order valence-corrected chi connectivity index (χ3v) is 5.18. The second-order valence-corrected chi connectivity index (χ2v) is 7.36. The smallest absolute Gasteiger partial charge is 0.345 e. The van der Waals surface area contributed by atoms with Crippen LogP contribution in [0.5, 0.6) is 11.5 Å². The van der Waals surface area contributed by atoms with Gasteiger partial charge >= 0.3 is 5.97 Å². The standard InChI is InChI=1S/C24H21Cl2FO4/c1-2-29-24(28)22(27)18-10-7-13-21(30-14-16-8-3-5-11-19(16)25)23(18)31-15-17-9-4-6-12-20(17)26/h3-13,22H,2,14-15H2,1H3. The SMILES string of the molecule is CCOC(=O)C(F)c1cccc(OCc2ccccc2Cl)c1OCc1ccccc1Cl. The van der Waals surface area contributed by atoms with Gasteiger partial charge in [-0.05, 0) is 25.1 Å². The number of carbonyl (C=O) groups is 1. The van der Waals surface area contributed by atoms with Crippen LogP contribution in [0.15, 0.2) is 66.7 Å². The summed E-state index contributed by atoms with van der Waals surface area (Å²) in [5.74, 6) is -0.611. The minimum Gasteiger partial charge on any atom is -0.485 e. The van der Waals surface area contributed by atoms with Crippen LogP contribution in [-0.4, -0.2) is 12.6 Å². The summed E-state index contributed by atoms with van der Waals surface area (Å²) in [5.41, 5.74) is 1.48. The van der Waals surface area contributed by atoms with Crippen LogP contribution < -0.4 is 9.47 Å². The Balaban J connectivity index is 1.91. The minimum absolute atomic E-state index is 0.0159. The Hall–Kier alpha value is -2.76. The van der Waals surface area contributed by atoms with Crippen molar-refractivity contribution < 1.29 is 23.4 Å². The molecule has 0 saturated carbocycles. The maximum absolute atomic E-state index is 14.9. The molecular weight excluding hydrogens is 442 g/mol. The van der Waals surface area contributed by atoms with Gasteiger partial charge in [-0.3, -0.25) is 0 Å². The summed E-state index contributed by atoms with van der Waals surface area (Å²) < 4.78 is 31.6. The topological polar surface area (TPSA) is 44.8 Å². The lowest BCUT2D eigenvalue weighted by Gasteiger charge is -2.18. The predicted octanol–water partition coefficient (Wildman–Crippen LogP) is 6.73. The number of hydrogen-bond acceptors (Lipinski definition) is 4. The van der Waals surface area contributed by atoms with Crippen LogP contribution in [0.1, 0.15) is 29.8 Å². The number of esters is 1. The van der Waals surface area contributed by atoms with E-state index in [0.717, 1.165) is 5.56 Å². The Morgan fingerprint density at radius 3 is 2.03 bits per heavy atom. The number of ether oxygens (including phenoxy) is 3. The molecule has 7 heteroatoms. The van der Waals surface area contributed by atoms with Crippen molar-refractivity contribution in [2.24, 2.45) is 0 Å². The van der Waals surface area contributed by atoms with Crippen LogP contribution >= 0.6 is 23.2 Å². The van der Waals surface area contributed by atoms with E-state index >= 15 is 0 Å². The van der Waals surface area contributed by atoms with E-state index in [1.165, 1.54) is 6.07 Å². The predicted molar refractivity (Wildman–Crippen MR) is 118 cm³/mol. The molecule has 0 saturated heterocycles. The average Bonchev–Trinajstić information content (AvgIpc) is 2.78. The molecule has 0 heterocycles. The van der Waals surface area contributed by atoms with Crippen LogP contribution in [0, 0.1) is 0 Å². The number of halogens is 3. The highest BCUT2D eigenvalue weighted by atomic mass is 35.5. The molecular formula is C24H21Cl2FO4. The Morgan fingerprint density at radius 2 is 1.45 bits per heavy atom. The van der Waals surface area contributed by atoms with E-state index in [-0.39, 0.29) is 36.9 Å². The molecule has 3 aromatic carbocycles. The lowest BCUT2D eigenvalue weighted by molar-refractivity contribution is -0.149. The second kappa shape index (κ2) is 11.0. The summed E-state index contributed by atoms with van der Waals surface area (Å²) in [4.78, 5) is 12.0. The molecule has 3 aromatic rings. The van der Waals surface area contributed by atoms with Gasteiger partial charge in [0, 0.05) is 26.7 Å². The minimum atomic E-state index is -2.02. The molecule has 0 aromatic heterocycles. The third kappa shape index (κ3) is 5.90. The monoisotopic (exact) mass is 462 g/mol. The molecule has 0 N–H and O–H groups in total. The van der Waals surface area contributed by atoms with Crippen molar-refractivity contribution in [3.05, 3.63) is 93.5 Å². The fraction of sp³-hybridized carbons (Fsp3) is 0.208. The van der Waals surface area contributed by atoms with E-state index in [2.05, 4.69) is 0 Å². The Morgan fingerprint density at radius 1 is 0.871 bits per heavy atom. The first-order valence-electron chi connectivity index (χ1n) is 9.67. The average molecular weight is 463 g/mol. The lowest BCUT2D eigenvalue weighted by Crippen LogP contribution is -2.14. The first-order chi connectivity index (χ1) is 15.0. The van der Waals surface area contributed by atoms with Crippen molar-refractivity contribution >= 4 is 29.2 Å². The molecule has 0 aliphatic carbocycles. The summed E-state index contributed by atoms with van der Waals surface area (Å²) >= 11 is 12.4. The number of para-hydroxylation sites is 1. The molecule has 162 valence electrons. The molecule has 0 radical (unpaired) electrons. The summed E-state index contributed by atoms with van der Waals surface area (Å²) in [7, 11) is 0. The Labute approximate surface area is 190 Å². The van der Waals surface area contributed by atoms with Gasteiger partial charge in [0.25, 0.3) is 0 Å². The van der Waals surface area contributed by atoms with E-state index in [1.807, 2.05) is 24.3 Å². The Kier molecular flexibility index (Phi) is 8.15. The highest BCUT2D eigenvalue weighted by Crippen LogP contribution is 2.38. The molecule has 0 bridgehead atoms. The molecule has 3 rings (SSSR count). The molecule has 0 aliphatic rings. The summed E-state index contributed by atoms with van der Waals surface area (Å²) in [6.45, 7) is 1.89. The molecule has 4 nitrogen and oxygen atoms in total. The van der Waals surface area contributed by atoms with Crippen molar-refractivity contribution in [2.45, 2.75) is 26.3 Å². The molecule has 0 amide bonds. The van der Waals surface area contributed by atoms with Gasteiger partial charge in [-0.15, -0.1) is 0 Å². The number of benzene rings is 3.